The first-order valence-electron chi connectivity index (χ1n) is 11.3. The van der Waals surface area contributed by atoms with E-state index in [9.17, 15) is 24.6 Å². The molecule has 2 N–H and O–H groups in total. The van der Waals surface area contributed by atoms with Crippen LogP contribution in [-0.4, -0.2) is 67.4 Å². The van der Waals surface area contributed by atoms with E-state index in [1.807, 2.05) is 29.7 Å². The molecule has 11 heteroatoms. The molecule has 2 aromatic heterocycles. The van der Waals surface area contributed by atoms with Crippen LogP contribution < -0.4 is 0 Å². The quantitative estimate of drug-likeness (QED) is 0.273. The molecule has 0 bridgehead atoms. The lowest BCUT2D eigenvalue weighted by atomic mass is 9.67. The number of β-lactam (4-membered cyclic amide) rings is 1. The van der Waals surface area contributed by atoms with Gasteiger partial charge in [-0.3, -0.25) is 9.20 Å². The Kier molecular flexibility index (Phi) is 5.97. The van der Waals surface area contributed by atoms with Crippen LogP contribution in [0.3, 0.4) is 0 Å². The normalized spacial score (nSPS) is 24.1. The van der Waals surface area contributed by atoms with Gasteiger partial charge in [0.1, 0.15) is 28.5 Å². The third-order valence-corrected chi connectivity index (χ3v) is 8.99. The zero-order valence-corrected chi connectivity index (χ0v) is 21.7. The molecule has 0 radical (unpaired) electrons. The molecule has 3 aromatic rings. The van der Waals surface area contributed by atoms with Crippen molar-refractivity contribution in [2.45, 2.75) is 37.9 Å². The second-order valence-electron chi connectivity index (χ2n) is 9.32. The van der Waals surface area contributed by atoms with Crippen LogP contribution in [-0.2, 0) is 14.3 Å². The number of aryl methyl sites for hydroxylation is 1. The summed E-state index contributed by atoms with van der Waals surface area (Å²) in [6.07, 6.45) is 4.36. The SMILES string of the molecule is CSc1ncn2cc(C3=C(C(=O)O)N4C(=O)[C@H]([C@@H](C)O)[C@@H]4[C@@]3(C)COC(=O)c3ccccc3C)sc12. The van der Waals surface area contributed by atoms with Gasteiger partial charge >= 0.3 is 11.9 Å². The maximum absolute atomic E-state index is 13.0. The number of hydrogen-bond donors (Lipinski definition) is 2. The van der Waals surface area contributed by atoms with Gasteiger partial charge in [0.2, 0.25) is 5.91 Å². The molecule has 1 amide bonds. The van der Waals surface area contributed by atoms with Gasteiger partial charge in [0, 0.05) is 11.8 Å². The van der Waals surface area contributed by atoms with E-state index in [1.54, 1.807) is 31.6 Å². The van der Waals surface area contributed by atoms with Gasteiger partial charge < -0.3 is 19.8 Å². The van der Waals surface area contributed by atoms with Gasteiger partial charge in [-0.2, -0.15) is 0 Å². The lowest BCUT2D eigenvalue weighted by Gasteiger charge is -2.50. The van der Waals surface area contributed by atoms with E-state index in [2.05, 4.69) is 4.98 Å². The first-order chi connectivity index (χ1) is 17.1. The number of benzene rings is 1. The summed E-state index contributed by atoms with van der Waals surface area (Å²) in [4.78, 5) is 45.7. The van der Waals surface area contributed by atoms with Crippen LogP contribution in [0, 0.1) is 18.3 Å². The van der Waals surface area contributed by atoms with E-state index >= 15 is 0 Å². The number of aliphatic carboxylic acids is 1. The summed E-state index contributed by atoms with van der Waals surface area (Å²) < 4.78 is 7.61. The summed E-state index contributed by atoms with van der Waals surface area (Å²) in [5.74, 6) is -3.04. The highest BCUT2D eigenvalue weighted by Gasteiger charge is 2.67. The number of fused-ring (bicyclic) bond motifs is 2. The van der Waals surface area contributed by atoms with Crippen molar-refractivity contribution in [1.82, 2.24) is 14.3 Å². The van der Waals surface area contributed by atoms with Crippen molar-refractivity contribution in [3.05, 3.63) is 58.5 Å². The zero-order valence-electron chi connectivity index (χ0n) is 20.1. The summed E-state index contributed by atoms with van der Waals surface area (Å²) in [7, 11) is 0. The highest BCUT2D eigenvalue weighted by atomic mass is 32.2. The number of rotatable bonds is 7. The highest BCUT2D eigenvalue weighted by Crippen LogP contribution is 2.58. The van der Waals surface area contributed by atoms with E-state index in [0.29, 0.717) is 16.0 Å². The molecule has 4 heterocycles. The molecular weight excluding hydrogens is 502 g/mol. The Morgan fingerprint density at radius 3 is 2.69 bits per heavy atom. The fourth-order valence-corrected chi connectivity index (χ4v) is 7.30. The van der Waals surface area contributed by atoms with Gasteiger partial charge in [0.25, 0.3) is 0 Å². The van der Waals surface area contributed by atoms with Crippen molar-refractivity contribution in [3.8, 4) is 0 Å². The van der Waals surface area contributed by atoms with E-state index < -0.39 is 41.3 Å². The Morgan fingerprint density at radius 1 is 1.33 bits per heavy atom. The van der Waals surface area contributed by atoms with Crippen molar-refractivity contribution in [1.29, 1.82) is 0 Å². The molecular formula is C25H25N3O6S2. The number of thioether (sulfide) groups is 1. The average molecular weight is 528 g/mol. The molecule has 2 aliphatic rings. The lowest BCUT2D eigenvalue weighted by Crippen LogP contribution is -2.66. The van der Waals surface area contributed by atoms with Crippen LogP contribution in [0.1, 0.15) is 34.6 Å². The molecule has 36 heavy (non-hydrogen) atoms. The second-order valence-corrected chi connectivity index (χ2v) is 11.1. The van der Waals surface area contributed by atoms with Crippen molar-refractivity contribution in [3.63, 3.8) is 0 Å². The Bertz CT molecular complexity index is 1440. The van der Waals surface area contributed by atoms with Crippen molar-refractivity contribution < 1.29 is 29.3 Å². The molecule has 0 unspecified atom stereocenters. The molecule has 188 valence electrons. The summed E-state index contributed by atoms with van der Waals surface area (Å²) >= 11 is 2.85. The molecule has 0 aliphatic carbocycles. The average Bonchev–Trinajstić information content (AvgIpc) is 3.46. The Hall–Kier alpha value is -3.15. The van der Waals surface area contributed by atoms with Crippen molar-refractivity contribution in [2.24, 2.45) is 11.3 Å². The topological polar surface area (TPSA) is 121 Å². The third-order valence-electron chi connectivity index (χ3n) is 7.05. The minimum absolute atomic E-state index is 0.139. The number of carbonyl (C=O) groups excluding carboxylic acids is 2. The van der Waals surface area contributed by atoms with E-state index in [1.165, 1.54) is 34.9 Å². The van der Waals surface area contributed by atoms with Crippen LogP contribution in [0.5, 0.6) is 0 Å². The maximum Gasteiger partial charge on any atom is 0.352 e. The number of aliphatic hydroxyl groups is 1. The highest BCUT2D eigenvalue weighted by molar-refractivity contribution is 7.98. The Morgan fingerprint density at radius 2 is 2.06 bits per heavy atom. The number of imidazole rings is 1. The summed E-state index contributed by atoms with van der Waals surface area (Å²) in [5, 5.41) is 21.4. The first kappa shape index (κ1) is 24.5. The predicted octanol–water partition coefficient (Wildman–Crippen LogP) is 3.31. The number of esters is 1. The summed E-state index contributed by atoms with van der Waals surface area (Å²) in [6, 6.07) is 6.38. The van der Waals surface area contributed by atoms with Crippen LogP contribution in [0.2, 0.25) is 0 Å². The van der Waals surface area contributed by atoms with E-state index in [0.717, 1.165) is 15.4 Å². The van der Waals surface area contributed by atoms with Gasteiger partial charge in [0.15, 0.2) is 0 Å². The fourth-order valence-electron chi connectivity index (χ4n) is 5.34. The standard InChI is InChI=1S/C25H25N3O6S2/c1-12-7-5-6-8-14(12)24(33)34-10-25(3)17(15-9-27-11-26-20(35-4)22(27)36-15)18(23(31)32)28-19(25)16(13(2)29)21(28)30/h5-9,11,13,16,19,29H,10H2,1-4H3,(H,31,32)/t13-,16-,19-,25+/m1/s1. The van der Waals surface area contributed by atoms with Gasteiger partial charge in [-0.05, 0) is 31.7 Å². The van der Waals surface area contributed by atoms with Gasteiger partial charge in [-0.1, -0.05) is 25.1 Å². The molecule has 9 nitrogen and oxygen atoms in total. The predicted molar refractivity (Wildman–Crippen MR) is 135 cm³/mol. The van der Waals surface area contributed by atoms with E-state index in [-0.39, 0.29) is 12.3 Å². The third kappa shape index (κ3) is 3.48. The molecule has 1 saturated heterocycles. The molecule has 0 saturated carbocycles. The first-order valence-corrected chi connectivity index (χ1v) is 13.4. The summed E-state index contributed by atoms with van der Waals surface area (Å²) in [6.45, 7) is 4.96. The number of nitrogens with zero attached hydrogens (tertiary/aromatic N) is 3. The van der Waals surface area contributed by atoms with Crippen LogP contribution in [0.4, 0.5) is 0 Å². The van der Waals surface area contributed by atoms with E-state index in [4.69, 9.17) is 4.74 Å². The zero-order chi connectivity index (χ0) is 25.9. The number of carboxylic acids is 1. The van der Waals surface area contributed by atoms with Gasteiger partial charge in [0.05, 0.1) is 33.9 Å². The molecule has 0 spiro atoms. The number of aliphatic hydroxyl groups excluding tert-OH is 1. The molecule has 4 atom stereocenters. The molecule has 2 aliphatic heterocycles. The minimum Gasteiger partial charge on any atom is -0.477 e. The van der Waals surface area contributed by atoms with Crippen LogP contribution >= 0.6 is 23.1 Å². The number of amides is 1. The van der Waals surface area contributed by atoms with Crippen LogP contribution in [0.25, 0.3) is 10.4 Å². The number of aromatic nitrogens is 2. The molecule has 1 aromatic carbocycles. The largest absolute Gasteiger partial charge is 0.477 e. The lowest BCUT2D eigenvalue weighted by molar-refractivity contribution is -0.167. The summed E-state index contributed by atoms with van der Waals surface area (Å²) in [5.41, 5.74) is 0.373. The number of ether oxygens (including phenoxy) is 1. The minimum atomic E-state index is -1.25. The molecule has 5 rings (SSSR count). The number of carboxylic acid groups (broad SMARTS) is 1. The van der Waals surface area contributed by atoms with Crippen molar-refractivity contribution >= 4 is 51.3 Å². The smallest absolute Gasteiger partial charge is 0.352 e. The number of hydrogen-bond acceptors (Lipinski definition) is 8. The van der Waals surface area contributed by atoms with Crippen molar-refractivity contribution in [2.75, 3.05) is 12.9 Å². The van der Waals surface area contributed by atoms with Gasteiger partial charge in [-0.15, -0.1) is 23.1 Å². The molecule has 1 fully saturated rings. The second kappa shape index (κ2) is 8.75. The Labute approximate surface area is 215 Å². The van der Waals surface area contributed by atoms with Crippen LogP contribution in [0.15, 0.2) is 47.5 Å². The number of thiazole rings is 1. The fraction of sp³-hybridized carbons (Fsp3) is 0.360. The maximum atomic E-state index is 13.0. The Balaban J connectivity index is 1.62. The van der Waals surface area contributed by atoms with Gasteiger partial charge in [-0.25, -0.2) is 14.6 Å². The number of carbonyl (C=O) groups is 3. The monoisotopic (exact) mass is 527 g/mol.